The van der Waals surface area contributed by atoms with Gasteiger partial charge in [-0.2, -0.15) is 0 Å². The molecule has 1 aliphatic heterocycles. The molecule has 1 saturated heterocycles. The van der Waals surface area contributed by atoms with E-state index in [1.807, 2.05) is 0 Å². The van der Waals surface area contributed by atoms with Crippen molar-refractivity contribution in [2.24, 2.45) is 5.41 Å². The van der Waals surface area contributed by atoms with Crippen molar-refractivity contribution in [1.82, 2.24) is 4.90 Å². The van der Waals surface area contributed by atoms with E-state index < -0.39 is 12.2 Å². The number of amides is 1. The second kappa shape index (κ2) is 4.34. The first-order chi connectivity index (χ1) is 7.59. The van der Waals surface area contributed by atoms with Crippen LogP contribution in [0.1, 0.15) is 39.0 Å². The summed E-state index contributed by atoms with van der Waals surface area (Å²) in [5, 5.41) is 18.9. The Kier molecular flexibility index (Phi) is 3.22. The molecule has 1 amide bonds. The molecule has 0 aromatic carbocycles. The van der Waals surface area contributed by atoms with Crippen LogP contribution in [0.15, 0.2) is 0 Å². The Labute approximate surface area is 96.3 Å². The monoisotopic (exact) mass is 227 g/mol. The van der Waals surface area contributed by atoms with E-state index in [0.717, 1.165) is 32.1 Å². The van der Waals surface area contributed by atoms with Crippen molar-refractivity contribution in [3.05, 3.63) is 0 Å². The standard InChI is InChI=1S/C12H21NO3/c1-2-12(5-3-4-6-12)11(16)13-7-9(14)10(15)8-13/h9-10,14-15H,2-8H2,1H3. The molecule has 4 heteroatoms. The molecule has 1 heterocycles. The third-order valence-corrected chi connectivity index (χ3v) is 4.24. The third kappa shape index (κ3) is 1.84. The molecule has 2 N–H and O–H groups in total. The summed E-state index contributed by atoms with van der Waals surface area (Å²) in [6.07, 6.45) is 3.51. The summed E-state index contributed by atoms with van der Waals surface area (Å²) in [4.78, 5) is 14.0. The van der Waals surface area contributed by atoms with Crippen LogP contribution < -0.4 is 0 Å². The number of hydrogen-bond donors (Lipinski definition) is 2. The van der Waals surface area contributed by atoms with Gasteiger partial charge in [-0.05, 0) is 19.3 Å². The summed E-state index contributed by atoms with van der Waals surface area (Å²) >= 11 is 0. The van der Waals surface area contributed by atoms with E-state index in [0.29, 0.717) is 13.1 Å². The Bertz CT molecular complexity index is 263. The molecule has 2 fully saturated rings. The molecular formula is C12H21NO3. The first-order valence-electron chi connectivity index (χ1n) is 6.24. The number of aliphatic hydroxyl groups excluding tert-OH is 2. The van der Waals surface area contributed by atoms with Crippen molar-refractivity contribution in [3.63, 3.8) is 0 Å². The molecule has 2 unspecified atom stereocenters. The van der Waals surface area contributed by atoms with Crippen LogP contribution in [0, 0.1) is 5.41 Å². The number of β-amino-alcohol motifs (C(OH)–C–C–N with tert-alkyl or cyclic N) is 2. The Morgan fingerprint density at radius 2 is 1.75 bits per heavy atom. The highest BCUT2D eigenvalue weighted by molar-refractivity contribution is 5.83. The van der Waals surface area contributed by atoms with Crippen molar-refractivity contribution in [2.45, 2.75) is 51.2 Å². The summed E-state index contributed by atoms with van der Waals surface area (Å²) in [5.74, 6) is 0.142. The van der Waals surface area contributed by atoms with Crippen molar-refractivity contribution < 1.29 is 15.0 Å². The van der Waals surface area contributed by atoms with Gasteiger partial charge in [-0.15, -0.1) is 0 Å². The van der Waals surface area contributed by atoms with Crippen LogP contribution in [0.4, 0.5) is 0 Å². The van der Waals surface area contributed by atoms with E-state index in [2.05, 4.69) is 6.92 Å². The number of likely N-dealkylation sites (tertiary alicyclic amines) is 1. The highest BCUT2D eigenvalue weighted by Gasteiger charge is 2.44. The Morgan fingerprint density at radius 3 is 2.19 bits per heavy atom. The van der Waals surface area contributed by atoms with Gasteiger partial charge in [0.05, 0.1) is 12.2 Å². The van der Waals surface area contributed by atoms with Gasteiger partial charge in [0.1, 0.15) is 0 Å². The van der Waals surface area contributed by atoms with Gasteiger partial charge in [0.15, 0.2) is 0 Å². The average Bonchev–Trinajstić information content (AvgIpc) is 2.87. The van der Waals surface area contributed by atoms with Gasteiger partial charge in [0, 0.05) is 18.5 Å². The maximum absolute atomic E-state index is 12.4. The number of rotatable bonds is 2. The fraction of sp³-hybridized carbons (Fsp3) is 0.917. The zero-order chi connectivity index (χ0) is 11.8. The van der Waals surface area contributed by atoms with Gasteiger partial charge in [-0.1, -0.05) is 19.8 Å². The van der Waals surface area contributed by atoms with E-state index in [1.165, 1.54) is 0 Å². The van der Waals surface area contributed by atoms with Crippen LogP contribution in [0.2, 0.25) is 0 Å². The smallest absolute Gasteiger partial charge is 0.228 e. The summed E-state index contributed by atoms with van der Waals surface area (Å²) in [5.41, 5.74) is -0.205. The van der Waals surface area contributed by atoms with Crippen LogP contribution in [-0.4, -0.2) is 46.3 Å². The molecule has 2 atom stereocenters. The third-order valence-electron chi connectivity index (χ3n) is 4.24. The largest absolute Gasteiger partial charge is 0.388 e. The minimum Gasteiger partial charge on any atom is -0.388 e. The van der Waals surface area contributed by atoms with Crippen LogP contribution in [0.3, 0.4) is 0 Å². The lowest BCUT2D eigenvalue weighted by Gasteiger charge is -2.31. The molecule has 0 aromatic heterocycles. The maximum atomic E-state index is 12.4. The number of carbonyl (C=O) groups excluding carboxylic acids is 1. The molecule has 4 nitrogen and oxygen atoms in total. The van der Waals surface area contributed by atoms with Gasteiger partial charge < -0.3 is 15.1 Å². The maximum Gasteiger partial charge on any atom is 0.228 e. The molecule has 0 aromatic rings. The van der Waals surface area contributed by atoms with Crippen molar-refractivity contribution >= 4 is 5.91 Å². The second-order valence-electron chi connectivity index (χ2n) is 5.19. The lowest BCUT2D eigenvalue weighted by atomic mass is 9.82. The number of carbonyl (C=O) groups is 1. The Balaban J connectivity index is 2.07. The van der Waals surface area contributed by atoms with E-state index >= 15 is 0 Å². The second-order valence-corrected chi connectivity index (χ2v) is 5.19. The van der Waals surface area contributed by atoms with Gasteiger partial charge in [-0.3, -0.25) is 4.79 Å². The topological polar surface area (TPSA) is 60.8 Å². The summed E-state index contributed by atoms with van der Waals surface area (Å²) in [6.45, 7) is 2.65. The van der Waals surface area contributed by atoms with Gasteiger partial charge in [-0.25, -0.2) is 0 Å². The molecule has 16 heavy (non-hydrogen) atoms. The first kappa shape index (κ1) is 11.9. The van der Waals surface area contributed by atoms with Crippen molar-refractivity contribution in [3.8, 4) is 0 Å². The fourth-order valence-electron chi connectivity index (χ4n) is 3.04. The van der Waals surface area contributed by atoms with Crippen LogP contribution in [-0.2, 0) is 4.79 Å². The molecule has 1 saturated carbocycles. The Morgan fingerprint density at radius 1 is 1.25 bits per heavy atom. The molecule has 0 radical (unpaired) electrons. The van der Waals surface area contributed by atoms with Gasteiger partial charge in [0.2, 0.25) is 5.91 Å². The first-order valence-corrected chi connectivity index (χ1v) is 6.24. The predicted molar refractivity (Wildman–Crippen MR) is 59.8 cm³/mol. The summed E-state index contributed by atoms with van der Waals surface area (Å²) in [7, 11) is 0. The molecule has 0 bridgehead atoms. The van der Waals surface area contributed by atoms with Gasteiger partial charge >= 0.3 is 0 Å². The van der Waals surface area contributed by atoms with E-state index in [-0.39, 0.29) is 11.3 Å². The van der Waals surface area contributed by atoms with Crippen LogP contribution in [0.5, 0.6) is 0 Å². The highest BCUT2D eigenvalue weighted by Crippen LogP contribution is 2.42. The minimum atomic E-state index is -0.765. The molecule has 92 valence electrons. The van der Waals surface area contributed by atoms with Crippen molar-refractivity contribution in [2.75, 3.05) is 13.1 Å². The molecule has 0 spiro atoms. The number of hydrogen-bond acceptors (Lipinski definition) is 3. The molecular weight excluding hydrogens is 206 g/mol. The average molecular weight is 227 g/mol. The zero-order valence-corrected chi connectivity index (χ0v) is 9.85. The number of aliphatic hydroxyl groups is 2. The minimum absolute atomic E-state index is 0.142. The molecule has 2 aliphatic rings. The summed E-state index contributed by atoms with van der Waals surface area (Å²) < 4.78 is 0. The zero-order valence-electron chi connectivity index (χ0n) is 9.85. The lowest BCUT2D eigenvalue weighted by molar-refractivity contribution is -0.141. The lowest BCUT2D eigenvalue weighted by Crippen LogP contribution is -2.41. The van der Waals surface area contributed by atoms with Gasteiger partial charge in [0.25, 0.3) is 0 Å². The van der Waals surface area contributed by atoms with E-state index in [1.54, 1.807) is 4.90 Å². The fourth-order valence-corrected chi connectivity index (χ4v) is 3.04. The molecule has 1 aliphatic carbocycles. The SMILES string of the molecule is CCC1(C(=O)N2CC(O)C(O)C2)CCCC1. The normalized spacial score (nSPS) is 33.3. The Hall–Kier alpha value is -0.610. The van der Waals surface area contributed by atoms with Crippen LogP contribution in [0.25, 0.3) is 0 Å². The quantitative estimate of drug-likeness (QED) is 0.723. The summed E-state index contributed by atoms with van der Waals surface area (Å²) in [6, 6.07) is 0. The van der Waals surface area contributed by atoms with Crippen molar-refractivity contribution in [1.29, 1.82) is 0 Å². The molecule has 2 rings (SSSR count). The predicted octanol–water partition coefficient (Wildman–Crippen LogP) is 0.521. The highest BCUT2D eigenvalue weighted by atomic mass is 16.3. The van der Waals surface area contributed by atoms with E-state index in [4.69, 9.17) is 0 Å². The van der Waals surface area contributed by atoms with E-state index in [9.17, 15) is 15.0 Å². The number of nitrogens with zero attached hydrogens (tertiary/aromatic N) is 1. The van der Waals surface area contributed by atoms with Crippen LogP contribution >= 0.6 is 0 Å².